The van der Waals surface area contributed by atoms with E-state index in [0.29, 0.717) is 44.8 Å². The molecule has 30 heavy (non-hydrogen) atoms. The standard InChI is InChI=1S/C21H30N4O4S/c1-17-5-4-6-20(15-17)29-16-21(26)24-10-7-19(8-11-24)25(30(3,27)28)14-13-23-12-9-22-18(23)2/h4-6,9,12,15,19H,7-8,10-11,13-14,16H2,1-3H3. The Morgan fingerprint density at radius 2 is 2.00 bits per heavy atom. The fraction of sp³-hybridized carbons (Fsp3) is 0.524. The molecule has 2 heterocycles. The average Bonchev–Trinajstić information content (AvgIpc) is 3.11. The molecular weight excluding hydrogens is 404 g/mol. The van der Waals surface area contributed by atoms with Crippen molar-refractivity contribution in [3.05, 3.63) is 48.0 Å². The molecule has 1 saturated heterocycles. The van der Waals surface area contributed by atoms with E-state index in [4.69, 9.17) is 4.74 Å². The normalized spacial score (nSPS) is 15.5. The molecule has 164 valence electrons. The number of amides is 1. The number of hydrogen-bond donors (Lipinski definition) is 0. The summed E-state index contributed by atoms with van der Waals surface area (Å²) in [4.78, 5) is 18.4. The molecule has 0 atom stereocenters. The van der Waals surface area contributed by atoms with Crippen molar-refractivity contribution in [2.24, 2.45) is 0 Å². The van der Waals surface area contributed by atoms with Gasteiger partial charge in [0.2, 0.25) is 10.0 Å². The number of benzene rings is 1. The van der Waals surface area contributed by atoms with E-state index in [-0.39, 0.29) is 18.6 Å². The number of piperidine rings is 1. The Morgan fingerprint density at radius 3 is 2.60 bits per heavy atom. The zero-order chi connectivity index (χ0) is 21.7. The van der Waals surface area contributed by atoms with Gasteiger partial charge in [-0.1, -0.05) is 12.1 Å². The van der Waals surface area contributed by atoms with Crippen LogP contribution < -0.4 is 4.74 Å². The molecule has 1 aromatic heterocycles. The average molecular weight is 435 g/mol. The van der Waals surface area contributed by atoms with Crippen molar-refractivity contribution in [3.63, 3.8) is 0 Å². The summed E-state index contributed by atoms with van der Waals surface area (Å²) in [6, 6.07) is 7.49. The number of aryl methyl sites for hydroxylation is 2. The van der Waals surface area contributed by atoms with Gasteiger partial charge in [-0.25, -0.2) is 13.4 Å². The molecule has 0 radical (unpaired) electrons. The molecule has 0 unspecified atom stereocenters. The van der Waals surface area contributed by atoms with Gasteiger partial charge >= 0.3 is 0 Å². The monoisotopic (exact) mass is 434 g/mol. The first-order chi connectivity index (χ1) is 14.2. The third-order valence-electron chi connectivity index (χ3n) is 5.49. The maximum atomic E-state index is 12.5. The number of ether oxygens (including phenoxy) is 1. The van der Waals surface area contributed by atoms with Gasteiger partial charge in [0.15, 0.2) is 6.61 Å². The maximum Gasteiger partial charge on any atom is 0.260 e. The van der Waals surface area contributed by atoms with Crippen molar-refractivity contribution in [2.45, 2.75) is 39.3 Å². The zero-order valence-electron chi connectivity index (χ0n) is 17.8. The van der Waals surface area contributed by atoms with Crippen LogP contribution in [-0.2, 0) is 21.4 Å². The highest BCUT2D eigenvalue weighted by Gasteiger charge is 2.31. The number of likely N-dealkylation sites (tertiary alicyclic amines) is 1. The van der Waals surface area contributed by atoms with Gasteiger partial charge in [0.1, 0.15) is 11.6 Å². The van der Waals surface area contributed by atoms with E-state index in [2.05, 4.69) is 4.98 Å². The lowest BCUT2D eigenvalue weighted by molar-refractivity contribution is -0.134. The van der Waals surface area contributed by atoms with Crippen LogP contribution in [0.1, 0.15) is 24.2 Å². The van der Waals surface area contributed by atoms with Gasteiger partial charge in [-0.05, 0) is 44.4 Å². The smallest absolute Gasteiger partial charge is 0.260 e. The van der Waals surface area contributed by atoms with Crippen molar-refractivity contribution < 1.29 is 17.9 Å². The molecule has 8 nitrogen and oxygen atoms in total. The molecule has 1 amide bonds. The number of carbonyl (C=O) groups excluding carboxylic acids is 1. The van der Waals surface area contributed by atoms with Gasteiger partial charge in [-0.2, -0.15) is 4.31 Å². The first kappa shape index (κ1) is 22.3. The Hall–Kier alpha value is -2.39. The van der Waals surface area contributed by atoms with Gasteiger partial charge < -0.3 is 14.2 Å². The molecule has 0 N–H and O–H groups in total. The molecular formula is C21H30N4O4S. The number of rotatable bonds is 8. The van der Waals surface area contributed by atoms with Crippen molar-refractivity contribution in [1.29, 1.82) is 0 Å². The van der Waals surface area contributed by atoms with E-state index in [1.807, 2.05) is 48.9 Å². The molecule has 1 aromatic carbocycles. The fourth-order valence-corrected chi connectivity index (χ4v) is 4.98. The van der Waals surface area contributed by atoms with Gasteiger partial charge in [0, 0.05) is 44.6 Å². The predicted octanol–water partition coefficient (Wildman–Crippen LogP) is 1.83. The van der Waals surface area contributed by atoms with Gasteiger partial charge in [-0.15, -0.1) is 0 Å². The topological polar surface area (TPSA) is 84.7 Å². The highest BCUT2D eigenvalue weighted by atomic mass is 32.2. The quantitative estimate of drug-likeness (QED) is 0.633. The Labute approximate surface area is 178 Å². The third kappa shape index (κ3) is 5.82. The Kier molecular flexibility index (Phi) is 7.14. The summed E-state index contributed by atoms with van der Waals surface area (Å²) in [6.45, 7) is 5.86. The molecule has 0 bridgehead atoms. The Balaban J connectivity index is 1.52. The summed E-state index contributed by atoms with van der Waals surface area (Å²) in [7, 11) is -3.35. The number of hydrogen-bond acceptors (Lipinski definition) is 5. The maximum absolute atomic E-state index is 12.5. The second-order valence-electron chi connectivity index (χ2n) is 7.76. The van der Waals surface area contributed by atoms with Gasteiger partial charge in [0.05, 0.1) is 6.26 Å². The minimum Gasteiger partial charge on any atom is -0.484 e. The molecule has 1 aliphatic rings. The van der Waals surface area contributed by atoms with Crippen LogP contribution in [0.4, 0.5) is 0 Å². The molecule has 0 aliphatic carbocycles. The predicted molar refractivity (Wildman–Crippen MR) is 115 cm³/mol. The molecule has 0 spiro atoms. The highest BCUT2D eigenvalue weighted by Crippen LogP contribution is 2.20. The molecule has 9 heteroatoms. The molecule has 2 aromatic rings. The van der Waals surface area contributed by atoms with Gasteiger partial charge in [0.25, 0.3) is 5.91 Å². The minimum atomic E-state index is -3.35. The summed E-state index contributed by atoms with van der Waals surface area (Å²) < 4.78 is 33.9. The van der Waals surface area contributed by atoms with Crippen molar-refractivity contribution >= 4 is 15.9 Å². The molecule has 3 rings (SSSR count). The third-order valence-corrected chi connectivity index (χ3v) is 6.82. The zero-order valence-corrected chi connectivity index (χ0v) is 18.6. The van der Waals surface area contributed by atoms with Crippen LogP contribution in [-0.4, -0.2) is 71.6 Å². The number of imidazole rings is 1. The second-order valence-corrected chi connectivity index (χ2v) is 9.69. The lowest BCUT2D eigenvalue weighted by atomic mass is 10.0. The summed E-state index contributed by atoms with van der Waals surface area (Å²) in [5, 5.41) is 0. The van der Waals surface area contributed by atoms with E-state index in [9.17, 15) is 13.2 Å². The first-order valence-electron chi connectivity index (χ1n) is 10.2. The van der Waals surface area contributed by atoms with E-state index < -0.39 is 10.0 Å². The van der Waals surface area contributed by atoms with Gasteiger partial charge in [-0.3, -0.25) is 4.79 Å². The lowest BCUT2D eigenvalue weighted by Gasteiger charge is -2.37. The van der Waals surface area contributed by atoms with E-state index in [1.165, 1.54) is 6.26 Å². The van der Waals surface area contributed by atoms with Crippen molar-refractivity contribution in [1.82, 2.24) is 18.8 Å². The van der Waals surface area contributed by atoms with Crippen LogP contribution in [0.5, 0.6) is 5.75 Å². The van der Waals surface area contributed by atoms with E-state index in [0.717, 1.165) is 11.4 Å². The number of sulfonamides is 1. The largest absolute Gasteiger partial charge is 0.484 e. The highest BCUT2D eigenvalue weighted by molar-refractivity contribution is 7.88. The van der Waals surface area contributed by atoms with E-state index in [1.54, 1.807) is 15.4 Å². The Bertz CT molecular complexity index is 965. The summed E-state index contributed by atoms with van der Waals surface area (Å²) in [5.74, 6) is 1.46. The molecule has 1 aliphatic heterocycles. The SMILES string of the molecule is Cc1cccc(OCC(=O)N2CCC(N(CCn3ccnc3C)S(C)(=O)=O)CC2)c1. The fourth-order valence-electron chi connectivity index (χ4n) is 3.81. The van der Waals surface area contributed by atoms with Crippen molar-refractivity contribution in [2.75, 3.05) is 32.5 Å². The minimum absolute atomic E-state index is 0.0101. The molecule has 1 fully saturated rings. The van der Waals surface area contributed by atoms with Crippen LogP contribution in [0.2, 0.25) is 0 Å². The van der Waals surface area contributed by atoms with Crippen LogP contribution in [0.15, 0.2) is 36.7 Å². The lowest BCUT2D eigenvalue weighted by Crippen LogP contribution is -2.50. The van der Waals surface area contributed by atoms with Crippen LogP contribution in [0.25, 0.3) is 0 Å². The molecule has 0 saturated carbocycles. The van der Waals surface area contributed by atoms with Crippen LogP contribution >= 0.6 is 0 Å². The summed E-state index contributed by atoms with van der Waals surface area (Å²) in [5.41, 5.74) is 1.08. The van der Waals surface area contributed by atoms with Crippen molar-refractivity contribution in [3.8, 4) is 5.75 Å². The van der Waals surface area contributed by atoms with Crippen LogP contribution in [0, 0.1) is 13.8 Å². The van der Waals surface area contributed by atoms with E-state index >= 15 is 0 Å². The Morgan fingerprint density at radius 1 is 1.27 bits per heavy atom. The van der Waals surface area contributed by atoms with Crippen LogP contribution in [0.3, 0.4) is 0 Å². The first-order valence-corrected chi connectivity index (χ1v) is 12.0. The number of carbonyl (C=O) groups is 1. The summed E-state index contributed by atoms with van der Waals surface area (Å²) in [6.07, 6.45) is 6.05. The summed E-state index contributed by atoms with van der Waals surface area (Å²) >= 11 is 0. The second kappa shape index (κ2) is 9.61. The number of aromatic nitrogens is 2. The number of nitrogens with zero attached hydrogens (tertiary/aromatic N) is 4.